The van der Waals surface area contributed by atoms with Gasteiger partial charge in [0.05, 0.1) is 6.61 Å². The quantitative estimate of drug-likeness (QED) is 0.565. The maximum atomic E-state index is 11.9. The number of ether oxygens (including phenoxy) is 2. The molecule has 0 radical (unpaired) electrons. The lowest BCUT2D eigenvalue weighted by Gasteiger charge is -2.27. The van der Waals surface area contributed by atoms with E-state index in [1.54, 1.807) is 4.90 Å². The molecule has 0 aromatic rings. The Kier molecular flexibility index (Phi) is 4.60. The first-order valence-electron chi connectivity index (χ1n) is 6.61. The number of carbonyl (C=O) groups excluding carboxylic acids is 1. The third-order valence-electron chi connectivity index (χ3n) is 3.06. The van der Waals surface area contributed by atoms with E-state index < -0.39 is 0 Å². The zero-order valence-electron chi connectivity index (χ0n) is 10.8. The van der Waals surface area contributed by atoms with Crippen LogP contribution in [0, 0.1) is 5.92 Å². The Morgan fingerprint density at radius 2 is 2.33 bits per heavy atom. The van der Waals surface area contributed by atoms with Gasteiger partial charge in [-0.2, -0.15) is 0 Å². The molecule has 0 bridgehead atoms. The maximum Gasteiger partial charge on any atom is 0.288 e. The molecule has 0 aromatic carbocycles. The van der Waals surface area contributed by atoms with Crippen molar-refractivity contribution in [3.8, 4) is 0 Å². The van der Waals surface area contributed by atoms with E-state index in [0.29, 0.717) is 18.3 Å². The number of amides is 1. The summed E-state index contributed by atoms with van der Waals surface area (Å²) in [7, 11) is 0. The molecule has 0 aromatic heterocycles. The van der Waals surface area contributed by atoms with Gasteiger partial charge in [-0.05, 0) is 24.8 Å². The Hall–Kier alpha value is -1.07. The monoisotopic (exact) mass is 255 g/mol. The number of unbranched alkanes of at least 4 members (excludes halogenated alkanes) is 1. The zero-order valence-corrected chi connectivity index (χ0v) is 10.8. The molecule has 1 fully saturated rings. The number of aliphatic hydroxyl groups excluding tert-OH is 1. The van der Waals surface area contributed by atoms with Crippen LogP contribution in [0.15, 0.2) is 11.8 Å². The minimum Gasteiger partial charge on any atom is -0.459 e. The summed E-state index contributed by atoms with van der Waals surface area (Å²) in [6.45, 7) is 4.46. The van der Waals surface area contributed by atoms with Crippen molar-refractivity contribution in [2.75, 3.05) is 26.3 Å². The minimum absolute atomic E-state index is 0.0227. The highest BCUT2D eigenvalue weighted by molar-refractivity contribution is 5.93. The molecule has 2 aliphatic heterocycles. The van der Waals surface area contributed by atoms with Crippen LogP contribution in [-0.4, -0.2) is 48.5 Å². The molecule has 0 spiro atoms. The Bertz CT molecular complexity index is 325. The first-order chi connectivity index (χ1) is 8.70. The Labute approximate surface area is 107 Å². The van der Waals surface area contributed by atoms with E-state index in [1.165, 1.54) is 0 Å². The molecule has 0 saturated carbocycles. The Balaban J connectivity index is 1.80. The Morgan fingerprint density at radius 1 is 1.56 bits per heavy atom. The van der Waals surface area contributed by atoms with Crippen molar-refractivity contribution >= 4 is 5.91 Å². The van der Waals surface area contributed by atoms with Gasteiger partial charge in [-0.3, -0.25) is 4.79 Å². The van der Waals surface area contributed by atoms with Gasteiger partial charge in [0.15, 0.2) is 5.76 Å². The standard InChI is InChI=1S/C13H21NO4/c1-10-8-11(13(16)14-4-5-14)18-12(9-10)17-7-3-2-6-15/h8,10,12,15H,2-7,9H2,1H3/t10-,12+/m1/s1. The van der Waals surface area contributed by atoms with Gasteiger partial charge in [-0.15, -0.1) is 0 Å². The molecule has 102 valence electrons. The molecule has 0 unspecified atom stereocenters. The van der Waals surface area contributed by atoms with Crippen molar-refractivity contribution in [3.05, 3.63) is 11.8 Å². The van der Waals surface area contributed by atoms with Gasteiger partial charge in [0.2, 0.25) is 6.29 Å². The fourth-order valence-corrected chi connectivity index (χ4v) is 1.92. The van der Waals surface area contributed by atoms with Crippen LogP contribution in [0.25, 0.3) is 0 Å². The molecule has 2 aliphatic rings. The molecule has 1 amide bonds. The SMILES string of the molecule is C[C@@H]1C=C(C(=O)N2CC2)O[C@H](OCCCCO)C1. The van der Waals surface area contributed by atoms with Crippen LogP contribution in [0.1, 0.15) is 26.2 Å². The van der Waals surface area contributed by atoms with Gasteiger partial charge in [-0.25, -0.2) is 0 Å². The molecule has 2 atom stereocenters. The summed E-state index contributed by atoms with van der Waals surface area (Å²) >= 11 is 0. The van der Waals surface area contributed by atoms with Gasteiger partial charge in [0.25, 0.3) is 5.91 Å². The van der Waals surface area contributed by atoms with Crippen LogP contribution >= 0.6 is 0 Å². The zero-order chi connectivity index (χ0) is 13.0. The first kappa shape index (κ1) is 13.4. The minimum atomic E-state index is -0.331. The lowest BCUT2D eigenvalue weighted by atomic mass is 10.0. The fourth-order valence-electron chi connectivity index (χ4n) is 1.92. The van der Waals surface area contributed by atoms with Gasteiger partial charge in [0, 0.05) is 26.1 Å². The summed E-state index contributed by atoms with van der Waals surface area (Å²) in [5.74, 6) is 0.699. The predicted octanol–water partition coefficient (Wildman–Crippen LogP) is 0.884. The van der Waals surface area contributed by atoms with Crippen LogP contribution in [0.5, 0.6) is 0 Å². The second-order valence-corrected chi connectivity index (χ2v) is 4.89. The highest BCUT2D eigenvalue weighted by atomic mass is 16.7. The number of carbonyl (C=O) groups is 1. The molecular weight excluding hydrogens is 234 g/mol. The molecule has 1 N–H and O–H groups in total. The van der Waals surface area contributed by atoms with Crippen LogP contribution in [0.3, 0.4) is 0 Å². The van der Waals surface area contributed by atoms with E-state index in [1.807, 2.05) is 6.08 Å². The fraction of sp³-hybridized carbons (Fsp3) is 0.769. The second-order valence-electron chi connectivity index (χ2n) is 4.89. The van der Waals surface area contributed by atoms with Gasteiger partial charge < -0.3 is 19.5 Å². The smallest absolute Gasteiger partial charge is 0.288 e. The third-order valence-corrected chi connectivity index (χ3v) is 3.06. The van der Waals surface area contributed by atoms with Crippen LogP contribution in [0.2, 0.25) is 0 Å². The third kappa shape index (κ3) is 3.71. The molecule has 2 rings (SSSR count). The number of rotatable bonds is 6. The summed E-state index contributed by atoms with van der Waals surface area (Å²) < 4.78 is 11.2. The molecular formula is C13H21NO4. The largest absolute Gasteiger partial charge is 0.459 e. The molecule has 2 heterocycles. The molecule has 1 saturated heterocycles. The number of hydrogen-bond acceptors (Lipinski definition) is 4. The van der Waals surface area contributed by atoms with E-state index in [-0.39, 0.29) is 18.8 Å². The highest BCUT2D eigenvalue weighted by Gasteiger charge is 2.32. The number of aliphatic hydroxyl groups is 1. The summed E-state index contributed by atoms with van der Waals surface area (Å²) in [5.41, 5.74) is 0. The molecule has 18 heavy (non-hydrogen) atoms. The van der Waals surface area contributed by atoms with Crippen molar-refractivity contribution in [2.45, 2.75) is 32.5 Å². The topological polar surface area (TPSA) is 58.8 Å². The summed E-state index contributed by atoms with van der Waals surface area (Å²) in [6, 6.07) is 0. The average Bonchev–Trinajstić information content (AvgIpc) is 3.17. The highest BCUT2D eigenvalue weighted by Crippen LogP contribution is 2.25. The van der Waals surface area contributed by atoms with E-state index in [9.17, 15) is 4.79 Å². The normalized spacial score (nSPS) is 26.6. The Morgan fingerprint density at radius 3 is 3.00 bits per heavy atom. The van der Waals surface area contributed by atoms with Crippen LogP contribution in [-0.2, 0) is 14.3 Å². The molecule has 5 nitrogen and oxygen atoms in total. The van der Waals surface area contributed by atoms with Crippen molar-refractivity contribution in [2.24, 2.45) is 5.92 Å². The van der Waals surface area contributed by atoms with Crippen LogP contribution < -0.4 is 0 Å². The van der Waals surface area contributed by atoms with E-state index in [2.05, 4.69) is 6.92 Å². The van der Waals surface area contributed by atoms with Crippen molar-refractivity contribution in [1.29, 1.82) is 0 Å². The molecule has 0 aliphatic carbocycles. The first-order valence-corrected chi connectivity index (χ1v) is 6.61. The van der Waals surface area contributed by atoms with Gasteiger partial charge in [0.1, 0.15) is 0 Å². The number of hydrogen-bond donors (Lipinski definition) is 1. The summed E-state index contributed by atoms with van der Waals surface area (Å²) in [5, 5.41) is 8.68. The summed E-state index contributed by atoms with van der Waals surface area (Å²) in [6.07, 6.45) is 3.87. The lowest BCUT2D eigenvalue weighted by Crippen LogP contribution is -2.29. The maximum absolute atomic E-state index is 11.9. The van der Waals surface area contributed by atoms with Gasteiger partial charge in [-0.1, -0.05) is 6.92 Å². The average molecular weight is 255 g/mol. The van der Waals surface area contributed by atoms with Crippen molar-refractivity contribution in [3.63, 3.8) is 0 Å². The van der Waals surface area contributed by atoms with E-state index in [4.69, 9.17) is 14.6 Å². The van der Waals surface area contributed by atoms with Crippen LogP contribution in [0.4, 0.5) is 0 Å². The summed E-state index contributed by atoms with van der Waals surface area (Å²) in [4.78, 5) is 13.6. The van der Waals surface area contributed by atoms with E-state index >= 15 is 0 Å². The van der Waals surface area contributed by atoms with Crippen molar-refractivity contribution in [1.82, 2.24) is 4.90 Å². The second kappa shape index (κ2) is 6.20. The molecule has 5 heteroatoms. The lowest BCUT2D eigenvalue weighted by molar-refractivity contribution is -0.151. The van der Waals surface area contributed by atoms with Gasteiger partial charge >= 0.3 is 0 Å². The number of nitrogens with zero attached hydrogens (tertiary/aromatic N) is 1. The number of allylic oxidation sites excluding steroid dienone is 1. The van der Waals surface area contributed by atoms with Crippen molar-refractivity contribution < 1.29 is 19.4 Å². The van der Waals surface area contributed by atoms with E-state index in [0.717, 1.165) is 32.4 Å². The predicted molar refractivity (Wildman–Crippen MR) is 65.6 cm³/mol.